The summed E-state index contributed by atoms with van der Waals surface area (Å²) in [4.78, 5) is 27.5. The third kappa shape index (κ3) is 5.19. The Morgan fingerprint density at radius 3 is 2.60 bits per heavy atom. The van der Waals surface area contributed by atoms with Crippen molar-refractivity contribution in [1.82, 2.24) is 9.80 Å². The molecule has 6 nitrogen and oxygen atoms in total. The maximum atomic E-state index is 12.6. The number of piperidine rings is 1. The summed E-state index contributed by atoms with van der Waals surface area (Å²) in [5, 5.41) is 9.11. The smallest absolute Gasteiger partial charge is 0.410 e. The number of carbonyl (C=O) groups is 2. The fraction of sp³-hybridized carbons (Fsp3) is 0.579. The van der Waals surface area contributed by atoms with Gasteiger partial charge in [0.1, 0.15) is 6.61 Å². The van der Waals surface area contributed by atoms with Crippen LogP contribution in [0.15, 0.2) is 30.3 Å². The van der Waals surface area contributed by atoms with Crippen LogP contribution in [0.5, 0.6) is 0 Å². The Labute approximate surface area is 148 Å². The summed E-state index contributed by atoms with van der Waals surface area (Å²) < 4.78 is 5.50. The van der Waals surface area contributed by atoms with Gasteiger partial charge >= 0.3 is 12.1 Å². The Morgan fingerprint density at radius 1 is 1.16 bits per heavy atom. The van der Waals surface area contributed by atoms with E-state index in [1.165, 1.54) is 0 Å². The fourth-order valence-electron chi connectivity index (χ4n) is 3.44. The highest BCUT2D eigenvalue weighted by Gasteiger charge is 2.37. The number of carboxylic acid groups (broad SMARTS) is 1. The first-order valence-electron chi connectivity index (χ1n) is 9.06. The Balaban J connectivity index is 1.58. The summed E-state index contributed by atoms with van der Waals surface area (Å²) in [5.41, 5.74) is 0.969. The van der Waals surface area contributed by atoms with Crippen molar-refractivity contribution in [1.29, 1.82) is 0 Å². The zero-order valence-corrected chi connectivity index (χ0v) is 14.5. The number of benzene rings is 1. The monoisotopic (exact) mass is 346 g/mol. The van der Waals surface area contributed by atoms with Gasteiger partial charge in [-0.2, -0.15) is 0 Å². The molecular formula is C19H26N2O4. The molecular weight excluding hydrogens is 320 g/mol. The van der Waals surface area contributed by atoms with E-state index in [1.54, 1.807) is 0 Å². The molecule has 1 aliphatic carbocycles. The summed E-state index contributed by atoms with van der Waals surface area (Å²) in [5.74, 6) is -0.809. The topological polar surface area (TPSA) is 70.1 Å². The molecule has 136 valence electrons. The van der Waals surface area contributed by atoms with Crippen LogP contribution < -0.4 is 0 Å². The first-order chi connectivity index (χ1) is 12.1. The lowest BCUT2D eigenvalue weighted by Gasteiger charge is -2.37. The molecule has 1 saturated heterocycles. The van der Waals surface area contributed by atoms with Crippen molar-refractivity contribution in [3.05, 3.63) is 35.9 Å². The minimum atomic E-state index is -0.809. The van der Waals surface area contributed by atoms with E-state index in [0.717, 1.165) is 44.2 Å². The molecule has 6 heteroatoms. The number of likely N-dealkylation sites (tertiary alicyclic amines) is 1. The second kappa shape index (κ2) is 8.34. The van der Waals surface area contributed by atoms with E-state index in [2.05, 4.69) is 0 Å². The molecule has 1 N–H and O–H groups in total. The molecule has 1 aromatic carbocycles. The van der Waals surface area contributed by atoms with Crippen LogP contribution in [0, 0.1) is 0 Å². The van der Waals surface area contributed by atoms with Gasteiger partial charge < -0.3 is 14.7 Å². The van der Waals surface area contributed by atoms with Crippen LogP contribution in [-0.2, 0) is 16.1 Å². The molecule has 1 aromatic rings. The first kappa shape index (κ1) is 17.7. The summed E-state index contributed by atoms with van der Waals surface area (Å²) in [7, 11) is 0. The highest BCUT2D eigenvalue weighted by Crippen LogP contribution is 2.29. The van der Waals surface area contributed by atoms with Crippen LogP contribution in [0.4, 0.5) is 4.79 Å². The van der Waals surface area contributed by atoms with Gasteiger partial charge in [0.05, 0.1) is 6.54 Å². The zero-order valence-electron chi connectivity index (χ0n) is 14.5. The van der Waals surface area contributed by atoms with Crippen molar-refractivity contribution < 1.29 is 19.4 Å². The molecule has 1 aliphatic heterocycles. The molecule has 1 atom stereocenters. The van der Waals surface area contributed by atoms with E-state index in [4.69, 9.17) is 9.84 Å². The quantitative estimate of drug-likeness (QED) is 0.822. The van der Waals surface area contributed by atoms with Gasteiger partial charge in [0, 0.05) is 18.6 Å². The van der Waals surface area contributed by atoms with E-state index < -0.39 is 5.97 Å². The van der Waals surface area contributed by atoms with Gasteiger partial charge in [-0.3, -0.25) is 9.69 Å². The van der Waals surface area contributed by atoms with Crippen LogP contribution in [0.1, 0.15) is 37.7 Å². The summed E-state index contributed by atoms with van der Waals surface area (Å²) >= 11 is 0. The van der Waals surface area contributed by atoms with E-state index in [0.29, 0.717) is 6.54 Å². The summed E-state index contributed by atoms with van der Waals surface area (Å²) in [6.45, 7) is 1.66. The van der Waals surface area contributed by atoms with E-state index in [1.807, 2.05) is 40.1 Å². The van der Waals surface area contributed by atoms with Gasteiger partial charge in [0.2, 0.25) is 0 Å². The van der Waals surface area contributed by atoms with Gasteiger partial charge in [-0.15, -0.1) is 0 Å². The number of ether oxygens (including phenoxy) is 1. The molecule has 1 heterocycles. The predicted molar refractivity (Wildman–Crippen MR) is 93.2 cm³/mol. The van der Waals surface area contributed by atoms with Gasteiger partial charge in [0.25, 0.3) is 0 Å². The van der Waals surface area contributed by atoms with E-state index in [-0.39, 0.29) is 31.3 Å². The Bertz CT molecular complexity index is 588. The average molecular weight is 346 g/mol. The highest BCUT2D eigenvalue weighted by molar-refractivity contribution is 5.69. The molecule has 25 heavy (non-hydrogen) atoms. The largest absolute Gasteiger partial charge is 0.480 e. The molecule has 2 aliphatic rings. The minimum Gasteiger partial charge on any atom is -0.480 e. The number of nitrogens with zero attached hydrogens (tertiary/aromatic N) is 2. The second-order valence-electron chi connectivity index (χ2n) is 6.94. The van der Waals surface area contributed by atoms with E-state index in [9.17, 15) is 9.59 Å². The maximum Gasteiger partial charge on any atom is 0.410 e. The van der Waals surface area contributed by atoms with Gasteiger partial charge in [-0.25, -0.2) is 4.79 Å². The third-order valence-corrected chi connectivity index (χ3v) is 4.92. The number of rotatable bonds is 7. The van der Waals surface area contributed by atoms with Crippen LogP contribution in [-0.4, -0.2) is 58.7 Å². The average Bonchev–Trinajstić information content (AvgIpc) is 3.44. The molecule has 1 saturated carbocycles. The first-order valence-corrected chi connectivity index (χ1v) is 9.06. The van der Waals surface area contributed by atoms with Crippen LogP contribution in [0.25, 0.3) is 0 Å². The number of carboxylic acids is 1. The lowest BCUT2D eigenvalue weighted by Crippen LogP contribution is -2.50. The van der Waals surface area contributed by atoms with Gasteiger partial charge in [0.15, 0.2) is 0 Å². The third-order valence-electron chi connectivity index (χ3n) is 4.92. The number of hydrogen-bond acceptors (Lipinski definition) is 4. The lowest BCUT2D eigenvalue weighted by molar-refractivity contribution is -0.139. The van der Waals surface area contributed by atoms with Crippen molar-refractivity contribution >= 4 is 12.1 Å². The van der Waals surface area contributed by atoms with Gasteiger partial charge in [-0.1, -0.05) is 36.8 Å². The normalized spacial score (nSPS) is 20.9. The molecule has 2 fully saturated rings. The van der Waals surface area contributed by atoms with Gasteiger partial charge in [-0.05, 0) is 37.8 Å². The van der Waals surface area contributed by atoms with Crippen LogP contribution >= 0.6 is 0 Å². The van der Waals surface area contributed by atoms with Crippen molar-refractivity contribution in [2.45, 2.75) is 50.8 Å². The van der Waals surface area contributed by atoms with E-state index >= 15 is 0 Å². The maximum absolute atomic E-state index is 12.6. The predicted octanol–water partition coefficient (Wildman–Crippen LogP) is 2.73. The number of amides is 1. The van der Waals surface area contributed by atoms with Crippen LogP contribution in [0.3, 0.4) is 0 Å². The Hall–Kier alpha value is -2.08. The number of aliphatic carboxylic acids is 1. The van der Waals surface area contributed by atoms with Crippen LogP contribution in [0.2, 0.25) is 0 Å². The standard InChI is InChI=1S/C19H26N2O4/c22-18(23)13-20-11-5-4-8-17(20)12-21(16-9-10-16)19(24)25-14-15-6-2-1-3-7-15/h1-3,6-7,16-17H,4-5,8-14H2,(H,22,23)/t17-/m0/s1. The molecule has 0 aromatic heterocycles. The molecule has 0 radical (unpaired) electrons. The molecule has 3 rings (SSSR count). The zero-order chi connectivity index (χ0) is 17.6. The minimum absolute atomic E-state index is 0.0439. The SMILES string of the molecule is O=C(O)CN1CCCC[C@H]1CN(C(=O)OCc1ccccc1)C1CC1. The van der Waals surface area contributed by atoms with Crippen molar-refractivity contribution in [2.75, 3.05) is 19.6 Å². The Morgan fingerprint density at radius 2 is 1.92 bits per heavy atom. The van der Waals surface area contributed by atoms with Crippen molar-refractivity contribution in [2.24, 2.45) is 0 Å². The number of hydrogen-bond donors (Lipinski definition) is 1. The highest BCUT2D eigenvalue weighted by atomic mass is 16.6. The van der Waals surface area contributed by atoms with Crippen molar-refractivity contribution in [3.8, 4) is 0 Å². The fourth-order valence-corrected chi connectivity index (χ4v) is 3.44. The second-order valence-corrected chi connectivity index (χ2v) is 6.94. The molecule has 0 unspecified atom stereocenters. The summed E-state index contributed by atoms with van der Waals surface area (Å²) in [6, 6.07) is 10.0. The Kier molecular flexibility index (Phi) is 5.91. The molecule has 0 spiro atoms. The number of carbonyl (C=O) groups excluding carboxylic acids is 1. The molecule has 1 amide bonds. The lowest BCUT2D eigenvalue weighted by atomic mass is 10.0. The summed E-state index contributed by atoms with van der Waals surface area (Å²) in [6.07, 6.45) is 4.76. The van der Waals surface area contributed by atoms with Crippen molar-refractivity contribution in [3.63, 3.8) is 0 Å². The molecule has 0 bridgehead atoms.